The third-order valence-electron chi connectivity index (χ3n) is 7.67. The Balaban J connectivity index is 1.70. The van der Waals surface area contributed by atoms with Crippen molar-refractivity contribution in [3.8, 4) is 0 Å². The summed E-state index contributed by atoms with van der Waals surface area (Å²) in [5.74, 6) is 0.190. The highest BCUT2D eigenvalue weighted by Gasteiger charge is 2.52. The Bertz CT molecular complexity index is 1190. The number of benzene rings is 3. The fourth-order valence-corrected chi connectivity index (χ4v) is 6.22. The topological polar surface area (TPSA) is 34.1 Å². The van der Waals surface area contributed by atoms with E-state index in [1.165, 1.54) is 11.1 Å². The van der Waals surface area contributed by atoms with Crippen LogP contribution in [0.4, 0.5) is 0 Å². The summed E-state index contributed by atoms with van der Waals surface area (Å²) in [6, 6.07) is 26.6. The second-order valence-corrected chi connectivity index (χ2v) is 10.9. The molecule has 0 saturated heterocycles. The minimum Gasteiger partial charge on any atom is -0.298 e. The van der Waals surface area contributed by atoms with Gasteiger partial charge in [-0.15, -0.1) is 0 Å². The van der Waals surface area contributed by atoms with Gasteiger partial charge in [0.15, 0.2) is 5.78 Å². The molecule has 0 saturated carbocycles. The van der Waals surface area contributed by atoms with Crippen LogP contribution in [-0.4, -0.2) is 11.6 Å². The summed E-state index contributed by atoms with van der Waals surface area (Å²) in [6.07, 6.45) is 2.00. The lowest BCUT2D eigenvalue weighted by atomic mass is 9.66. The van der Waals surface area contributed by atoms with Gasteiger partial charge in [0.2, 0.25) is 0 Å². The summed E-state index contributed by atoms with van der Waals surface area (Å²) in [7, 11) is 0. The Morgan fingerprint density at radius 2 is 1.39 bits per heavy atom. The minimum atomic E-state index is -0.581. The van der Waals surface area contributed by atoms with Crippen LogP contribution in [0.25, 0.3) is 0 Å². The number of rotatable bonds is 7. The quantitative estimate of drug-likeness (QED) is 0.373. The summed E-state index contributed by atoms with van der Waals surface area (Å²) in [4.78, 5) is 26.0. The third kappa shape index (κ3) is 4.19. The predicted molar refractivity (Wildman–Crippen MR) is 135 cm³/mol. The number of fused-ring (bicyclic) bond motifs is 1. The fourth-order valence-electron chi connectivity index (χ4n) is 6.22. The first-order valence-corrected chi connectivity index (χ1v) is 11.8. The van der Waals surface area contributed by atoms with Crippen molar-refractivity contribution in [1.29, 1.82) is 0 Å². The molecule has 0 fully saturated rings. The Kier molecular flexibility index (Phi) is 5.90. The molecule has 0 amide bonds. The van der Waals surface area contributed by atoms with Crippen molar-refractivity contribution in [2.45, 2.75) is 70.1 Å². The molecule has 3 aromatic carbocycles. The molecule has 0 spiro atoms. The first-order chi connectivity index (χ1) is 15.6. The second kappa shape index (κ2) is 8.41. The molecule has 1 aliphatic carbocycles. The van der Waals surface area contributed by atoms with E-state index in [0.717, 1.165) is 24.0 Å². The molecule has 2 atom stereocenters. The number of carbonyl (C=O) groups is 2. The molecule has 4 rings (SSSR count). The maximum Gasteiger partial charge on any atom is 0.160 e. The van der Waals surface area contributed by atoms with Gasteiger partial charge in [0.25, 0.3) is 0 Å². The Morgan fingerprint density at radius 1 is 0.818 bits per heavy atom. The van der Waals surface area contributed by atoms with Crippen molar-refractivity contribution in [3.63, 3.8) is 0 Å². The summed E-state index contributed by atoms with van der Waals surface area (Å²) in [6.45, 7) is 10.6. The van der Waals surface area contributed by atoms with Crippen molar-refractivity contribution in [2.75, 3.05) is 0 Å². The molecule has 0 bridgehead atoms. The lowest BCUT2D eigenvalue weighted by Crippen LogP contribution is -2.36. The van der Waals surface area contributed by atoms with E-state index < -0.39 is 5.41 Å². The van der Waals surface area contributed by atoms with Gasteiger partial charge >= 0.3 is 0 Å². The average Bonchev–Trinajstić information content (AvgIpc) is 3.02. The Hall–Kier alpha value is -3.00. The van der Waals surface area contributed by atoms with E-state index >= 15 is 0 Å². The van der Waals surface area contributed by atoms with Crippen LogP contribution in [0, 0.1) is 0 Å². The van der Waals surface area contributed by atoms with Gasteiger partial charge in [-0.2, -0.15) is 0 Å². The van der Waals surface area contributed by atoms with E-state index in [4.69, 9.17) is 0 Å². The van der Waals surface area contributed by atoms with Gasteiger partial charge in [0, 0.05) is 12.0 Å². The second-order valence-electron chi connectivity index (χ2n) is 10.9. The lowest BCUT2D eigenvalue weighted by Gasteiger charge is -2.37. The molecule has 170 valence electrons. The van der Waals surface area contributed by atoms with Crippen molar-refractivity contribution in [3.05, 3.63) is 107 Å². The van der Waals surface area contributed by atoms with Crippen LogP contribution in [0.3, 0.4) is 0 Å². The number of hydrogen-bond donors (Lipinski definition) is 0. The zero-order valence-corrected chi connectivity index (χ0v) is 20.4. The highest BCUT2D eigenvalue weighted by Crippen LogP contribution is 2.54. The highest BCUT2D eigenvalue weighted by atomic mass is 16.1. The Labute approximate surface area is 198 Å². The molecule has 0 heterocycles. The molecule has 2 nitrogen and oxygen atoms in total. The van der Waals surface area contributed by atoms with Gasteiger partial charge in [-0.05, 0) is 59.8 Å². The maximum absolute atomic E-state index is 13.9. The lowest BCUT2D eigenvalue weighted by molar-refractivity contribution is -0.123. The van der Waals surface area contributed by atoms with Crippen molar-refractivity contribution in [1.82, 2.24) is 0 Å². The zero-order valence-electron chi connectivity index (χ0n) is 20.4. The van der Waals surface area contributed by atoms with Crippen LogP contribution in [0.1, 0.15) is 80.1 Å². The minimum absolute atomic E-state index is 0.00447. The number of Topliss-reactive ketones (excluding diaryl/α,β-unsaturated/α-hetero) is 2. The molecule has 0 N–H and O–H groups in total. The fraction of sp³-hybridized carbons (Fsp3) is 0.355. The summed E-state index contributed by atoms with van der Waals surface area (Å²) in [5, 5.41) is 0. The predicted octanol–water partition coefficient (Wildman–Crippen LogP) is 6.99. The third-order valence-corrected chi connectivity index (χ3v) is 7.67. The molecule has 0 aliphatic heterocycles. The van der Waals surface area contributed by atoms with Crippen LogP contribution in [0.15, 0.2) is 78.9 Å². The Morgan fingerprint density at radius 3 is 2.06 bits per heavy atom. The number of hydrogen-bond acceptors (Lipinski definition) is 2. The molecule has 2 heteroatoms. The molecule has 3 aromatic rings. The molecule has 33 heavy (non-hydrogen) atoms. The van der Waals surface area contributed by atoms with Crippen LogP contribution in [-0.2, 0) is 27.5 Å². The van der Waals surface area contributed by atoms with Gasteiger partial charge in [-0.25, -0.2) is 0 Å². The van der Waals surface area contributed by atoms with Gasteiger partial charge in [-0.3, -0.25) is 9.59 Å². The molecular weight excluding hydrogens is 404 g/mol. The van der Waals surface area contributed by atoms with Crippen molar-refractivity contribution in [2.24, 2.45) is 0 Å². The highest BCUT2D eigenvalue weighted by molar-refractivity contribution is 5.99. The van der Waals surface area contributed by atoms with E-state index in [1.54, 1.807) is 6.92 Å². The molecule has 0 radical (unpaired) electrons. The molecule has 2 unspecified atom stereocenters. The average molecular weight is 439 g/mol. The molecule has 1 aliphatic rings. The van der Waals surface area contributed by atoms with Crippen LogP contribution >= 0.6 is 0 Å². The zero-order chi connectivity index (χ0) is 23.9. The normalized spacial score (nSPS) is 22.1. The van der Waals surface area contributed by atoms with E-state index in [0.29, 0.717) is 5.56 Å². The maximum atomic E-state index is 13.9. The van der Waals surface area contributed by atoms with Gasteiger partial charge in [0.1, 0.15) is 5.78 Å². The monoisotopic (exact) mass is 438 g/mol. The molecule has 0 aromatic heterocycles. The SMILES string of the molecule is CC(=O)c1ccccc1CC(=O)C1(C)CC(C)(CC(C)(C)c2ccccc2)c2ccccc21. The van der Waals surface area contributed by atoms with E-state index in [2.05, 4.69) is 76.2 Å². The van der Waals surface area contributed by atoms with Crippen LogP contribution in [0.5, 0.6) is 0 Å². The smallest absolute Gasteiger partial charge is 0.160 e. The van der Waals surface area contributed by atoms with E-state index in [1.807, 2.05) is 30.3 Å². The number of ketones is 2. The largest absolute Gasteiger partial charge is 0.298 e. The van der Waals surface area contributed by atoms with Gasteiger partial charge in [0.05, 0.1) is 5.41 Å². The van der Waals surface area contributed by atoms with E-state index in [9.17, 15) is 9.59 Å². The van der Waals surface area contributed by atoms with Gasteiger partial charge in [-0.1, -0.05) is 99.6 Å². The van der Waals surface area contributed by atoms with Crippen molar-refractivity contribution < 1.29 is 9.59 Å². The number of carbonyl (C=O) groups excluding carboxylic acids is 2. The summed E-state index contributed by atoms with van der Waals surface area (Å²) in [5.41, 5.74) is 4.48. The van der Waals surface area contributed by atoms with E-state index in [-0.39, 0.29) is 28.8 Å². The van der Waals surface area contributed by atoms with Crippen LogP contribution in [0.2, 0.25) is 0 Å². The van der Waals surface area contributed by atoms with Crippen molar-refractivity contribution >= 4 is 11.6 Å². The molecular formula is C31H34O2. The summed E-state index contributed by atoms with van der Waals surface area (Å²) < 4.78 is 0. The first-order valence-electron chi connectivity index (χ1n) is 11.8. The van der Waals surface area contributed by atoms with Crippen LogP contribution < -0.4 is 0 Å². The van der Waals surface area contributed by atoms with Gasteiger partial charge < -0.3 is 0 Å². The first kappa shape index (κ1) is 23.2. The standard InChI is InChI=1S/C31H34O2/c1-22(32)25-16-10-9-13-23(25)19-28(33)31(5)21-30(4,26-17-11-12-18-27(26)31)20-29(2,3)24-14-7-6-8-15-24/h6-18H,19-21H2,1-5H3. The summed E-state index contributed by atoms with van der Waals surface area (Å²) >= 11 is 0.